The van der Waals surface area contributed by atoms with E-state index in [1.807, 2.05) is 33.8 Å². The molecule has 0 aliphatic rings. The van der Waals surface area contributed by atoms with E-state index in [4.69, 9.17) is 11.6 Å². The van der Waals surface area contributed by atoms with Gasteiger partial charge in [0.25, 0.3) is 0 Å². The van der Waals surface area contributed by atoms with Crippen molar-refractivity contribution < 1.29 is 4.84 Å². The Morgan fingerprint density at radius 2 is 1.85 bits per heavy atom. The van der Waals surface area contributed by atoms with E-state index >= 15 is 0 Å². The highest BCUT2D eigenvalue weighted by Gasteiger charge is 2.00. The van der Waals surface area contributed by atoms with E-state index < -0.39 is 0 Å². The van der Waals surface area contributed by atoms with Gasteiger partial charge in [0.15, 0.2) is 5.76 Å². The van der Waals surface area contributed by atoms with E-state index in [1.54, 1.807) is 0 Å². The van der Waals surface area contributed by atoms with Gasteiger partial charge in [0.05, 0.1) is 5.70 Å². The first-order chi connectivity index (χ1) is 6.17. The number of nitrogens with two attached hydrogens (primary N) is 2. The SMILES string of the molecule is C=C/C(ON)=C(N)\C(C)=C/C.CC. The first-order valence-corrected chi connectivity index (χ1v) is 4.29. The topological polar surface area (TPSA) is 61.3 Å². The summed E-state index contributed by atoms with van der Waals surface area (Å²) in [6.07, 6.45) is 3.35. The Bertz CT molecular complexity index is 205. The minimum Gasteiger partial charge on any atom is -0.409 e. The van der Waals surface area contributed by atoms with Crippen LogP contribution >= 0.6 is 0 Å². The lowest BCUT2D eigenvalue weighted by atomic mass is 10.2. The maximum atomic E-state index is 5.63. The molecule has 0 amide bonds. The van der Waals surface area contributed by atoms with Crippen LogP contribution in [0.5, 0.6) is 0 Å². The van der Waals surface area contributed by atoms with Gasteiger partial charge < -0.3 is 10.6 Å². The molecule has 0 aromatic carbocycles. The van der Waals surface area contributed by atoms with Crippen molar-refractivity contribution in [2.45, 2.75) is 27.7 Å². The van der Waals surface area contributed by atoms with Gasteiger partial charge in [-0.05, 0) is 25.5 Å². The van der Waals surface area contributed by atoms with Crippen molar-refractivity contribution in [3.8, 4) is 0 Å². The lowest BCUT2D eigenvalue weighted by Crippen LogP contribution is -2.08. The van der Waals surface area contributed by atoms with Gasteiger partial charge in [-0.25, -0.2) is 0 Å². The summed E-state index contributed by atoms with van der Waals surface area (Å²) in [4.78, 5) is 4.48. The zero-order chi connectivity index (χ0) is 10.9. The summed E-state index contributed by atoms with van der Waals surface area (Å²) >= 11 is 0. The summed E-state index contributed by atoms with van der Waals surface area (Å²) in [6, 6.07) is 0. The highest BCUT2D eigenvalue weighted by Crippen LogP contribution is 2.08. The number of hydrogen-bond acceptors (Lipinski definition) is 3. The lowest BCUT2D eigenvalue weighted by molar-refractivity contribution is 0.230. The molecule has 0 aromatic heterocycles. The third kappa shape index (κ3) is 5.09. The second kappa shape index (κ2) is 8.87. The van der Waals surface area contributed by atoms with Crippen LogP contribution in [0.4, 0.5) is 0 Å². The van der Waals surface area contributed by atoms with Crippen LogP contribution in [0.1, 0.15) is 27.7 Å². The van der Waals surface area contributed by atoms with E-state index in [1.165, 1.54) is 6.08 Å². The molecule has 13 heavy (non-hydrogen) atoms. The van der Waals surface area contributed by atoms with Gasteiger partial charge in [0, 0.05) is 0 Å². The van der Waals surface area contributed by atoms with Crippen molar-refractivity contribution in [1.82, 2.24) is 0 Å². The quantitative estimate of drug-likeness (QED) is 0.401. The molecular weight excluding hydrogens is 164 g/mol. The molecular formula is C10H20N2O. The number of rotatable bonds is 3. The minimum absolute atomic E-state index is 0.403. The maximum absolute atomic E-state index is 5.63. The normalized spacial score (nSPS) is 12.2. The van der Waals surface area contributed by atoms with Crippen molar-refractivity contribution in [3.05, 3.63) is 35.8 Å². The van der Waals surface area contributed by atoms with Crippen molar-refractivity contribution in [2.75, 3.05) is 0 Å². The minimum atomic E-state index is 0.403. The smallest absolute Gasteiger partial charge is 0.169 e. The molecule has 0 aromatic rings. The Kier molecular flexibility index (Phi) is 9.77. The van der Waals surface area contributed by atoms with Gasteiger partial charge in [-0.2, -0.15) is 5.90 Å². The number of allylic oxidation sites excluding steroid dienone is 3. The van der Waals surface area contributed by atoms with Crippen molar-refractivity contribution >= 4 is 0 Å². The molecule has 0 bridgehead atoms. The lowest BCUT2D eigenvalue weighted by Gasteiger charge is -2.05. The first kappa shape index (κ1) is 14.3. The zero-order valence-electron chi connectivity index (χ0n) is 8.92. The molecule has 0 atom stereocenters. The molecule has 0 aliphatic heterocycles. The molecule has 3 nitrogen and oxygen atoms in total. The van der Waals surface area contributed by atoms with Crippen LogP contribution in [0.15, 0.2) is 35.8 Å². The van der Waals surface area contributed by atoms with Gasteiger partial charge in [0.1, 0.15) is 0 Å². The average Bonchev–Trinajstić information content (AvgIpc) is 2.21. The maximum Gasteiger partial charge on any atom is 0.169 e. The van der Waals surface area contributed by atoms with Crippen LogP contribution in [0.2, 0.25) is 0 Å². The summed E-state index contributed by atoms with van der Waals surface area (Å²) in [7, 11) is 0. The Morgan fingerprint density at radius 1 is 1.38 bits per heavy atom. The van der Waals surface area contributed by atoms with Gasteiger partial charge in [-0.3, -0.25) is 0 Å². The van der Waals surface area contributed by atoms with Crippen LogP contribution < -0.4 is 11.6 Å². The number of hydrogen-bond donors (Lipinski definition) is 2. The highest BCUT2D eigenvalue weighted by molar-refractivity contribution is 5.32. The molecule has 76 valence electrons. The van der Waals surface area contributed by atoms with Gasteiger partial charge in [0.2, 0.25) is 0 Å². The largest absolute Gasteiger partial charge is 0.409 e. The van der Waals surface area contributed by atoms with Crippen molar-refractivity contribution in [2.24, 2.45) is 11.6 Å². The van der Waals surface area contributed by atoms with E-state index in [9.17, 15) is 0 Å². The highest BCUT2D eigenvalue weighted by atomic mass is 16.6. The van der Waals surface area contributed by atoms with Crippen LogP contribution in [0.3, 0.4) is 0 Å². The summed E-state index contributed by atoms with van der Waals surface area (Å²) in [5, 5.41) is 0. The fraction of sp³-hybridized carbons (Fsp3) is 0.400. The Balaban J connectivity index is 0. The van der Waals surface area contributed by atoms with Crippen molar-refractivity contribution in [1.29, 1.82) is 0 Å². The summed E-state index contributed by atoms with van der Waals surface area (Å²) < 4.78 is 0. The van der Waals surface area contributed by atoms with Gasteiger partial charge in [-0.15, -0.1) is 0 Å². The fourth-order valence-corrected chi connectivity index (χ4v) is 0.571. The standard InChI is InChI=1S/C8H14N2O.C2H6/c1-4-6(3)8(9)7(5-2)11-10;1-2/h4-5H,2,9-10H2,1,3H3;1-2H3/b6-4-,8-7-;. The predicted molar refractivity (Wildman–Crippen MR) is 57.5 cm³/mol. The monoisotopic (exact) mass is 184 g/mol. The van der Waals surface area contributed by atoms with Gasteiger partial charge >= 0.3 is 0 Å². The van der Waals surface area contributed by atoms with Crippen LogP contribution in [-0.4, -0.2) is 0 Å². The molecule has 3 heteroatoms. The fourth-order valence-electron chi connectivity index (χ4n) is 0.571. The average molecular weight is 184 g/mol. The molecule has 0 saturated carbocycles. The van der Waals surface area contributed by atoms with E-state index in [2.05, 4.69) is 11.4 Å². The van der Waals surface area contributed by atoms with Crippen molar-refractivity contribution in [3.63, 3.8) is 0 Å². The van der Waals surface area contributed by atoms with E-state index in [-0.39, 0.29) is 0 Å². The summed E-state index contributed by atoms with van der Waals surface area (Å²) in [5.74, 6) is 5.34. The molecule has 0 heterocycles. The first-order valence-electron chi connectivity index (χ1n) is 4.29. The van der Waals surface area contributed by atoms with Crippen LogP contribution in [0.25, 0.3) is 0 Å². The molecule has 4 N–H and O–H groups in total. The molecule has 0 saturated heterocycles. The predicted octanol–water partition coefficient (Wildman–Crippen LogP) is 2.23. The van der Waals surface area contributed by atoms with E-state index in [0.717, 1.165) is 5.57 Å². The second-order valence-corrected chi connectivity index (χ2v) is 2.07. The summed E-state index contributed by atoms with van der Waals surface area (Å²) in [5.41, 5.74) is 7.07. The molecule has 0 aliphatic carbocycles. The summed E-state index contributed by atoms with van der Waals surface area (Å²) in [6.45, 7) is 11.3. The van der Waals surface area contributed by atoms with Crippen LogP contribution in [0, 0.1) is 0 Å². The van der Waals surface area contributed by atoms with E-state index in [0.29, 0.717) is 11.5 Å². The third-order valence-corrected chi connectivity index (χ3v) is 1.44. The molecule has 0 rings (SSSR count). The Labute approximate surface area is 80.7 Å². The molecule has 0 fully saturated rings. The molecule has 0 spiro atoms. The van der Waals surface area contributed by atoms with Gasteiger partial charge in [-0.1, -0.05) is 26.5 Å². The second-order valence-electron chi connectivity index (χ2n) is 2.07. The zero-order valence-corrected chi connectivity index (χ0v) is 8.92. The Hall–Kier alpha value is -1.22. The molecule has 0 unspecified atom stereocenters. The Morgan fingerprint density at radius 3 is 2.08 bits per heavy atom. The third-order valence-electron chi connectivity index (χ3n) is 1.44. The van der Waals surface area contributed by atoms with Crippen LogP contribution in [-0.2, 0) is 4.84 Å². The molecule has 0 radical (unpaired) electrons.